The van der Waals surface area contributed by atoms with Crippen LogP contribution >= 0.6 is 0 Å². The van der Waals surface area contributed by atoms with Gasteiger partial charge in [0, 0.05) is 31.5 Å². The number of aryl methyl sites for hydroxylation is 1. The molecule has 0 spiro atoms. The van der Waals surface area contributed by atoms with Crippen molar-refractivity contribution in [2.24, 2.45) is 5.92 Å². The standard InChI is InChI=1S/C18H20N4O/c1-13-19-9-6-17(20-13)21-10-7-15(12-21)18(23)22-11-8-14-4-2-3-5-16(14)22/h2-6,9,15H,7-8,10-12H2,1H3. The summed E-state index contributed by atoms with van der Waals surface area (Å²) in [6.45, 7) is 4.32. The van der Waals surface area contributed by atoms with E-state index in [4.69, 9.17) is 0 Å². The van der Waals surface area contributed by atoms with E-state index in [9.17, 15) is 4.79 Å². The van der Waals surface area contributed by atoms with Crippen molar-refractivity contribution >= 4 is 17.4 Å². The van der Waals surface area contributed by atoms with Gasteiger partial charge >= 0.3 is 0 Å². The van der Waals surface area contributed by atoms with Gasteiger partial charge in [-0.2, -0.15) is 0 Å². The fourth-order valence-corrected chi connectivity index (χ4v) is 3.58. The van der Waals surface area contributed by atoms with Gasteiger partial charge in [-0.3, -0.25) is 4.79 Å². The molecular formula is C18H20N4O. The van der Waals surface area contributed by atoms with Crippen LogP contribution in [0.5, 0.6) is 0 Å². The van der Waals surface area contributed by atoms with Crippen LogP contribution in [0.25, 0.3) is 0 Å². The molecule has 1 atom stereocenters. The van der Waals surface area contributed by atoms with Crippen molar-refractivity contribution in [1.29, 1.82) is 0 Å². The summed E-state index contributed by atoms with van der Waals surface area (Å²) in [6.07, 6.45) is 3.63. The molecule has 1 fully saturated rings. The molecule has 4 rings (SSSR count). The smallest absolute Gasteiger partial charge is 0.231 e. The van der Waals surface area contributed by atoms with Gasteiger partial charge in [-0.25, -0.2) is 9.97 Å². The number of nitrogens with zero attached hydrogens (tertiary/aromatic N) is 4. The van der Waals surface area contributed by atoms with Crippen LogP contribution in [0.2, 0.25) is 0 Å². The molecule has 3 heterocycles. The number of carbonyl (C=O) groups excluding carboxylic acids is 1. The van der Waals surface area contributed by atoms with E-state index < -0.39 is 0 Å². The molecule has 1 aromatic carbocycles. The van der Waals surface area contributed by atoms with E-state index in [2.05, 4.69) is 27.0 Å². The van der Waals surface area contributed by atoms with Gasteiger partial charge in [0.15, 0.2) is 0 Å². The number of hydrogen-bond donors (Lipinski definition) is 0. The first-order valence-electron chi connectivity index (χ1n) is 8.16. The number of carbonyl (C=O) groups is 1. The molecule has 23 heavy (non-hydrogen) atoms. The zero-order chi connectivity index (χ0) is 15.8. The summed E-state index contributed by atoms with van der Waals surface area (Å²) in [4.78, 5) is 25.7. The minimum atomic E-state index is 0.0522. The summed E-state index contributed by atoms with van der Waals surface area (Å²) in [6, 6.07) is 10.1. The Hall–Kier alpha value is -2.43. The number of amides is 1. The lowest BCUT2D eigenvalue weighted by atomic mass is 10.1. The number of aromatic nitrogens is 2. The minimum Gasteiger partial charge on any atom is -0.356 e. The predicted octanol–water partition coefficient (Wildman–Crippen LogP) is 2.20. The van der Waals surface area contributed by atoms with Gasteiger partial charge in [0.25, 0.3) is 0 Å². The Balaban J connectivity index is 1.49. The molecule has 0 saturated carbocycles. The molecule has 1 saturated heterocycles. The molecule has 0 aliphatic carbocycles. The first-order chi connectivity index (χ1) is 11.2. The minimum absolute atomic E-state index is 0.0522. The lowest BCUT2D eigenvalue weighted by Crippen LogP contribution is -2.36. The molecule has 1 amide bonds. The molecule has 0 radical (unpaired) electrons. The molecule has 2 aliphatic rings. The Morgan fingerprint density at radius 3 is 2.96 bits per heavy atom. The van der Waals surface area contributed by atoms with Crippen LogP contribution in [-0.2, 0) is 11.2 Å². The summed E-state index contributed by atoms with van der Waals surface area (Å²) in [5.41, 5.74) is 2.37. The summed E-state index contributed by atoms with van der Waals surface area (Å²) in [5.74, 6) is 2.00. The van der Waals surface area contributed by atoms with E-state index in [-0.39, 0.29) is 11.8 Å². The summed E-state index contributed by atoms with van der Waals surface area (Å²) in [7, 11) is 0. The van der Waals surface area contributed by atoms with Crippen molar-refractivity contribution in [3.63, 3.8) is 0 Å². The van der Waals surface area contributed by atoms with Crippen molar-refractivity contribution in [2.75, 3.05) is 29.4 Å². The average Bonchev–Trinajstić information content (AvgIpc) is 3.22. The largest absolute Gasteiger partial charge is 0.356 e. The Morgan fingerprint density at radius 2 is 2.09 bits per heavy atom. The first kappa shape index (κ1) is 14.2. The second kappa shape index (κ2) is 5.65. The van der Waals surface area contributed by atoms with E-state index in [1.165, 1.54) is 5.56 Å². The van der Waals surface area contributed by atoms with Crippen molar-refractivity contribution in [1.82, 2.24) is 9.97 Å². The highest BCUT2D eigenvalue weighted by Gasteiger charge is 2.34. The van der Waals surface area contributed by atoms with Crippen LogP contribution in [0, 0.1) is 12.8 Å². The van der Waals surface area contributed by atoms with E-state index in [0.717, 1.165) is 49.8 Å². The quantitative estimate of drug-likeness (QED) is 0.853. The van der Waals surface area contributed by atoms with Crippen LogP contribution in [0.1, 0.15) is 17.8 Å². The highest BCUT2D eigenvalue weighted by molar-refractivity contribution is 5.97. The molecule has 1 unspecified atom stereocenters. The number of rotatable bonds is 2. The van der Waals surface area contributed by atoms with Crippen LogP contribution < -0.4 is 9.80 Å². The Bertz CT molecular complexity index is 745. The monoisotopic (exact) mass is 308 g/mol. The summed E-state index contributed by atoms with van der Waals surface area (Å²) < 4.78 is 0. The number of hydrogen-bond acceptors (Lipinski definition) is 4. The maximum absolute atomic E-state index is 12.9. The maximum Gasteiger partial charge on any atom is 0.231 e. The maximum atomic E-state index is 12.9. The summed E-state index contributed by atoms with van der Waals surface area (Å²) in [5, 5.41) is 0. The SMILES string of the molecule is Cc1nccc(N2CCC(C(=O)N3CCc4ccccc43)C2)n1. The number of benzene rings is 1. The Labute approximate surface area is 136 Å². The molecule has 118 valence electrons. The molecular weight excluding hydrogens is 288 g/mol. The van der Waals surface area contributed by atoms with Gasteiger partial charge in [-0.15, -0.1) is 0 Å². The molecule has 2 aliphatic heterocycles. The van der Waals surface area contributed by atoms with Crippen LogP contribution in [0.15, 0.2) is 36.5 Å². The second-order valence-corrected chi connectivity index (χ2v) is 6.26. The van der Waals surface area contributed by atoms with Gasteiger partial charge in [0.05, 0.1) is 5.92 Å². The highest BCUT2D eigenvalue weighted by atomic mass is 16.2. The normalized spacial score (nSPS) is 20.0. The Morgan fingerprint density at radius 1 is 1.22 bits per heavy atom. The van der Waals surface area contributed by atoms with Crippen molar-refractivity contribution < 1.29 is 4.79 Å². The van der Waals surface area contributed by atoms with Crippen LogP contribution in [0.3, 0.4) is 0 Å². The molecule has 1 aromatic heterocycles. The van der Waals surface area contributed by atoms with Gasteiger partial charge in [0.2, 0.25) is 5.91 Å². The van der Waals surface area contributed by atoms with Gasteiger partial charge in [0.1, 0.15) is 11.6 Å². The lowest BCUT2D eigenvalue weighted by Gasteiger charge is -2.22. The first-order valence-corrected chi connectivity index (χ1v) is 8.16. The zero-order valence-corrected chi connectivity index (χ0v) is 13.3. The van der Waals surface area contributed by atoms with Crippen LogP contribution in [-0.4, -0.2) is 35.5 Å². The van der Waals surface area contributed by atoms with Crippen molar-refractivity contribution in [3.05, 3.63) is 47.9 Å². The van der Waals surface area contributed by atoms with E-state index in [0.29, 0.717) is 0 Å². The number of para-hydroxylation sites is 1. The zero-order valence-electron chi connectivity index (χ0n) is 13.3. The second-order valence-electron chi connectivity index (χ2n) is 6.26. The topological polar surface area (TPSA) is 49.3 Å². The van der Waals surface area contributed by atoms with E-state index in [1.54, 1.807) is 6.20 Å². The molecule has 5 heteroatoms. The number of anilines is 2. The lowest BCUT2D eigenvalue weighted by molar-refractivity contribution is -0.121. The third kappa shape index (κ3) is 2.56. The summed E-state index contributed by atoms with van der Waals surface area (Å²) >= 11 is 0. The molecule has 0 bridgehead atoms. The van der Waals surface area contributed by atoms with Gasteiger partial charge < -0.3 is 9.80 Å². The third-order valence-corrected chi connectivity index (χ3v) is 4.78. The van der Waals surface area contributed by atoms with E-state index in [1.807, 2.05) is 30.0 Å². The van der Waals surface area contributed by atoms with Crippen molar-refractivity contribution in [2.45, 2.75) is 19.8 Å². The number of fused-ring (bicyclic) bond motifs is 1. The van der Waals surface area contributed by atoms with Gasteiger partial charge in [-0.1, -0.05) is 18.2 Å². The fraction of sp³-hybridized carbons (Fsp3) is 0.389. The predicted molar refractivity (Wildman–Crippen MR) is 89.6 cm³/mol. The molecule has 5 nitrogen and oxygen atoms in total. The molecule has 2 aromatic rings. The molecule has 0 N–H and O–H groups in total. The van der Waals surface area contributed by atoms with Gasteiger partial charge in [-0.05, 0) is 37.5 Å². The fourth-order valence-electron chi connectivity index (χ4n) is 3.58. The third-order valence-electron chi connectivity index (χ3n) is 4.78. The van der Waals surface area contributed by atoms with Crippen LogP contribution in [0.4, 0.5) is 11.5 Å². The van der Waals surface area contributed by atoms with Crippen molar-refractivity contribution in [3.8, 4) is 0 Å². The Kier molecular flexibility index (Phi) is 3.48. The highest BCUT2D eigenvalue weighted by Crippen LogP contribution is 2.31. The average molecular weight is 308 g/mol. The van der Waals surface area contributed by atoms with E-state index >= 15 is 0 Å².